The lowest BCUT2D eigenvalue weighted by Crippen LogP contribution is -2.14. The van der Waals surface area contributed by atoms with Gasteiger partial charge in [0.15, 0.2) is 0 Å². The van der Waals surface area contributed by atoms with Crippen molar-refractivity contribution in [2.75, 3.05) is 0 Å². The van der Waals surface area contributed by atoms with Gasteiger partial charge in [0.25, 0.3) is 5.91 Å². The Hall–Kier alpha value is -2.58. The van der Waals surface area contributed by atoms with Crippen molar-refractivity contribution >= 4 is 33.5 Å². The highest BCUT2D eigenvalue weighted by Gasteiger charge is 2.05. The molecule has 0 atom stereocenters. The largest absolute Gasteiger partial charge is 0.288 e. The van der Waals surface area contributed by atoms with Crippen molar-refractivity contribution in [2.24, 2.45) is 0 Å². The lowest BCUT2D eigenvalue weighted by atomic mass is 10.3. The zero-order valence-corrected chi connectivity index (χ0v) is 11.6. The van der Waals surface area contributed by atoms with E-state index in [0.717, 1.165) is 15.1 Å². The second-order valence-electron chi connectivity index (χ2n) is 4.26. The summed E-state index contributed by atoms with van der Waals surface area (Å²) in [5.41, 5.74) is 2.05. The Morgan fingerprint density at radius 3 is 3.24 bits per heavy atom. The molecule has 0 aliphatic heterocycles. The van der Waals surface area contributed by atoms with E-state index >= 15 is 0 Å². The van der Waals surface area contributed by atoms with E-state index in [1.54, 1.807) is 28.4 Å². The Kier molecular flexibility index (Phi) is 3.71. The number of hydrogen-bond donors (Lipinski definition) is 2. The molecule has 0 spiro atoms. The van der Waals surface area contributed by atoms with Crippen molar-refractivity contribution in [1.82, 2.24) is 25.5 Å². The number of rotatable bonds is 4. The van der Waals surface area contributed by atoms with E-state index in [1.807, 2.05) is 12.1 Å². The third kappa shape index (κ3) is 3.12. The third-order valence-corrected chi connectivity index (χ3v) is 3.78. The fourth-order valence-electron chi connectivity index (χ4n) is 1.83. The molecule has 0 aliphatic rings. The van der Waals surface area contributed by atoms with Gasteiger partial charge in [0.05, 0.1) is 12.7 Å². The number of amides is 1. The molecular formula is C13H11N5O2S. The molecule has 7 nitrogen and oxygen atoms in total. The average Bonchev–Trinajstić information content (AvgIpc) is 3.10. The Morgan fingerprint density at radius 2 is 2.43 bits per heavy atom. The lowest BCUT2D eigenvalue weighted by Gasteiger charge is -1.94. The van der Waals surface area contributed by atoms with E-state index < -0.39 is 5.91 Å². The Morgan fingerprint density at radius 1 is 1.52 bits per heavy atom. The zero-order valence-electron chi connectivity index (χ0n) is 10.8. The number of hydrogen-bond acceptors (Lipinski definition) is 6. The van der Waals surface area contributed by atoms with Gasteiger partial charge in [0, 0.05) is 22.5 Å². The summed E-state index contributed by atoms with van der Waals surface area (Å²) in [7, 11) is 0. The fourth-order valence-corrected chi connectivity index (χ4v) is 2.82. The summed E-state index contributed by atoms with van der Waals surface area (Å²) in [6, 6.07) is 6.00. The first kappa shape index (κ1) is 13.4. The number of carbonyl (C=O) groups is 1. The minimum Gasteiger partial charge on any atom is -0.288 e. The number of nitrogens with zero attached hydrogens (tertiary/aromatic N) is 4. The Balaban J connectivity index is 1.74. The number of thiophene rings is 1. The molecule has 3 heterocycles. The first-order valence-corrected chi connectivity index (χ1v) is 6.92. The first-order chi connectivity index (χ1) is 10.2. The second-order valence-corrected chi connectivity index (χ2v) is 5.38. The van der Waals surface area contributed by atoms with E-state index in [9.17, 15) is 4.79 Å². The quantitative estimate of drug-likeness (QED) is 0.432. The predicted molar refractivity (Wildman–Crippen MR) is 77.7 cm³/mol. The zero-order chi connectivity index (χ0) is 14.7. The predicted octanol–water partition coefficient (Wildman–Crippen LogP) is 1.45. The van der Waals surface area contributed by atoms with Crippen LogP contribution in [0, 0.1) is 0 Å². The minimum atomic E-state index is -0.611. The molecule has 0 radical (unpaired) electrons. The van der Waals surface area contributed by atoms with Crippen LogP contribution in [0.5, 0.6) is 0 Å². The molecule has 0 aliphatic carbocycles. The van der Waals surface area contributed by atoms with Gasteiger partial charge in [-0.1, -0.05) is 11.3 Å². The molecular weight excluding hydrogens is 290 g/mol. The Bertz CT molecular complexity index is 775. The van der Waals surface area contributed by atoms with E-state index in [1.165, 1.54) is 17.6 Å². The topological polar surface area (TPSA) is 92.9 Å². The summed E-state index contributed by atoms with van der Waals surface area (Å²) in [6.45, 7) is 0.591. The van der Waals surface area contributed by atoms with Crippen molar-refractivity contribution in [3.05, 3.63) is 47.2 Å². The number of pyridine rings is 1. The van der Waals surface area contributed by atoms with Gasteiger partial charge in [0.2, 0.25) is 0 Å². The van der Waals surface area contributed by atoms with Gasteiger partial charge in [-0.05, 0) is 18.2 Å². The lowest BCUT2D eigenvalue weighted by molar-refractivity contribution is -0.124. The van der Waals surface area contributed by atoms with Gasteiger partial charge in [-0.2, -0.15) is 0 Å². The number of fused-ring (bicyclic) bond motifs is 1. The van der Waals surface area contributed by atoms with Crippen LogP contribution in [-0.4, -0.2) is 31.1 Å². The maximum Gasteiger partial charge on any atom is 0.267 e. The first-order valence-electron chi connectivity index (χ1n) is 6.10. The SMILES string of the molecule is O=C(C=Cc1cn(Cc2cc3cccnc3s2)nn1)NO. The molecule has 1 amide bonds. The van der Waals surface area contributed by atoms with Crippen LogP contribution >= 0.6 is 11.3 Å². The van der Waals surface area contributed by atoms with Crippen molar-refractivity contribution < 1.29 is 10.0 Å². The highest BCUT2D eigenvalue weighted by molar-refractivity contribution is 7.18. The molecule has 0 aromatic carbocycles. The normalized spacial score (nSPS) is 11.3. The van der Waals surface area contributed by atoms with Gasteiger partial charge in [0.1, 0.15) is 10.5 Å². The maximum atomic E-state index is 10.9. The van der Waals surface area contributed by atoms with Gasteiger partial charge >= 0.3 is 0 Å². The maximum absolute atomic E-state index is 10.9. The van der Waals surface area contributed by atoms with Gasteiger partial charge in [-0.3, -0.25) is 10.0 Å². The minimum absolute atomic E-state index is 0.540. The van der Waals surface area contributed by atoms with Crippen LogP contribution in [0.2, 0.25) is 0 Å². The van der Waals surface area contributed by atoms with E-state index in [4.69, 9.17) is 5.21 Å². The number of hydroxylamine groups is 1. The molecule has 0 fully saturated rings. The van der Waals surface area contributed by atoms with Crippen LogP contribution in [-0.2, 0) is 11.3 Å². The summed E-state index contributed by atoms with van der Waals surface area (Å²) < 4.78 is 1.68. The number of nitrogens with one attached hydrogen (secondary N) is 1. The van der Waals surface area contributed by atoms with E-state index in [2.05, 4.69) is 21.4 Å². The molecule has 0 bridgehead atoms. The summed E-state index contributed by atoms with van der Waals surface area (Å²) in [4.78, 5) is 17.3. The molecule has 3 aromatic heterocycles. The Labute approximate surface area is 123 Å². The standard InChI is InChI=1S/C13H11N5O2S/c19-12(16-20)4-3-10-7-18(17-15-10)8-11-6-9-2-1-5-14-13(9)21-11/h1-7,20H,8H2,(H,16,19). The van der Waals surface area contributed by atoms with Crippen LogP contribution in [0.1, 0.15) is 10.6 Å². The van der Waals surface area contributed by atoms with Crippen molar-refractivity contribution in [3.8, 4) is 0 Å². The summed E-state index contributed by atoms with van der Waals surface area (Å²) >= 11 is 1.61. The average molecular weight is 301 g/mol. The number of carbonyl (C=O) groups excluding carboxylic acids is 1. The molecule has 2 N–H and O–H groups in total. The highest BCUT2D eigenvalue weighted by Crippen LogP contribution is 2.23. The van der Waals surface area contributed by atoms with Crippen molar-refractivity contribution in [1.29, 1.82) is 0 Å². The third-order valence-electron chi connectivity index (χ3n) is 2.73. The summed E-state index contributed by atoms with van der Waals surface area (Å²) in [5, 5.41) is 17.4. The fraction of sp³-hybridized carbons (Fsp3) is 0.0769. The van der Waals surface area contributed by atoms with Crippen LogP contribution in [0.15, 0.2) is 36.7 Å². The summed E-state index contributed by atoms with van der Waals surface area (Å²) in [5.74, 6) is -0.611. The number of aromatic nitrogens is 4. The monoisotopic (exact) mass is 301 g/mol. The van der Waals surface area contributed by atoms with Gasteiger partial charge in [-0.25, -0.2) is 15.1 Å². The molecule has 0 saturated carbocycles. The van der Waals surface area contributed by atoms with E-state index in [0.29, 0.717) is 12.2 Å². The molecule has 8 heteroatoms. The van der Waals surface area contributed by atoms with Crippen LogP contribution in [0.25, 0.3) is 16.3 Å². The molecule has 0 saturated heterocycles. The summed E-state index contributed by atoms with van der Waals surface area (Å²) in [6.07, 6.45) is 6.14. The van der Waals surface area contributed by atoms with Crippen LogP contribution in [0.3, 0.4) is 0 Å². The molecule has 21 heavy (non-hydrogen) atoms. The molecule has 3 aromatic rings. The van der Waals surface area contributed by atoms with Gasteiger partial charge in [-0.15, -0.1) is 16.4 Å². The van der Waals surface area contributed by atoms with Crippen LogP contribution in [0.4, 0.5) is 0 Å². The second kappa shape index (κ2) is 5.81. The molecule has 3 rings (SSSR count). The van der Waals surface area contributed by atoms with E-state index in [-0.39, 0.29) is 0 Å². The van der Waals surface area contributed by atoms with Gasteiger partial charge < -0.3 is 0 Å². The van der Waals surface area contributed by atoms with Crippen LogP contribution < -0.4 is 5.48 Å². The molecule has 106 valence electrons. The smallest absolute Gasteiger partial charge is 0.267 e. The van der Waals surface area contributed by atoms with Crippen molar-refractivity contribution in [3.63, 3.8) is 0 Å². The molecule has 0 unspecified atom stereocenters. The highest BCUT2D eigenvalue weighted by atomic mass is 32.1. The van der Waals surface area contributed by atoms with Crippen molar-refractivity contribution in [2.45, 2.75) is 6.54 Å².